The summed E-state index contributed by atoms with van der Waals surface area (Å²) in [5, 5.41) is 20.7. The van der Waals surface area contributed by atoms with Crippen LogP contribution in [0.25, 0.3) is 5.69 Å². The molecule has 1 aliphatic rings. The second-order valence-corrected chi connectivity index (χ2v) is 7.75. The van der Waals surface area contributed by atoms with E-state index in [0.29, 0.717) is 36.0 Å². The van der Waals surface area contributed by atoms with E-state index in [2.05, 4.69) is 26.8 Å². The number of ether oxygens (including phenoxy) is 2. The molecule has 1 aliphatic heterocycles. The third-order valence-corrected chi connectivity index (χ3v) is 5.35. The molecular formula is C23H34IN7O2. The quantitative estimate of drug-likeness (QED) is 0.165. The van der Waals surface area contributed by atoms with Gasteiger partial charge in [0, 0.05) is 39.3 Å². The number of nitrogens with one attached hydrogen (secondary N) is 2. The molecule has 1 aromatic carbocycles. The predicted octanol–water partition coefficient (Wildman–Crippen LogP) is 2.48. The van der Waals surface area contributed by atoms with Crippen LogP contribution >= 0.6 is 24.0 Å². The van der Waals surface area contributed by atoms with Crippen molar-refractivity contribution in [2.45, 2.75) is 25.7 Å². The zero-order valence-electron chi connectivity index (χ0n) is 19.1. The SMILES string of the molecule is CN=C(NCCCOCC1CCOC1)NCCCc1nn(-c2ccccc2)c(N)c1C#N.I. The summed E-state index contributed by atoms with van der Waals surface area (Å²) in [6, 6.07) is 11.8. The standard InChI is InChI=1S/C23H33N7O2.HI/c1-26-23(28-12-6-13-31-16-18-10-14-32-17-18)27-11-5-9-21-20(15-24)22(25)30(29-21)19-7-3-2-4-8-19;/h2-4,7-8,18H,5-6,9-14,16-17,25H2,1H3,(H2,26,27,28);1H. The van der Waals surface area contributed by atoms with E-state index in [0.717, 1.165) is 63.9 Å². The van der Waals surface area contributed by atoms with Crippen LogP contribution in [-0.4, -0.2) is 62.3 Å². The molecule has 1 aromatic heterocycles. The molecule has 0 bridgehead atoms. The number of benzene rings is 1. The number of halogens is 1. The van der Waals surface area contributed by atoms with E-state index in [1.54, 1.807) is 11.7 Å². The summed E-state index contributed by atoms with van der Waals surface area (Å²) < 4.78 is 12.7. The third kappa shape index (κ3) is 8.17. The highest BCUT2D eigenvalue weighted by molar-refractivity contribution is 14.0. The van der Waals surface area contributed by atoms with E-state index < -0.39 is 0 Å². The lowest BCUT2D eigenvalue weighted by Gasteiger charge is -2.12. The van der Waals surface area contributed by atoms with Crippen molar-refractivity contribution in [3.05, 3.63) is 41.6 Å². The first-order valence-electron chi connectivity index (χ1n) is 11.2. The van der Waals surface area contributed by atoms with Crippen LogP contribution in [0.2, 0.25) is 0 Å². The Bertz CT molecular complexity index is 906. The van der Waals surface area contributed by atoms with Gasteiger partial charge in [0.15, 0.2) is 5.96 Å². The van der Waals surface area contributed by atoms with E-state index >= 15 is 0 Å². The number of anilines is 1. The first kappa shape index (κ1) is 26.9. The molecule has 2 heterocycles. The van der Waals surface area contributed by atoms with Crippen LogP contribution in [0.3, 0.4) is 0 Å². The summed E-state index contributed by atoms with van der Waals surface area (Å²) in [6.07, 6.45) is 3.46. The second kappa shape index (κ2) is 14.7. The first-order valence-corrected chi connectivity index (χ1v) is 11.2. The monoisotopic (exact) mass is 567 g/mol. The van der Waals surface area contributed by atoms with Gasteiger partial charge in [-0.2, -0.15) is 10.4 Å². The number of aryl methyl sites for hydroxylation is 1. The Kier molecular flexibility index (Phi) is 12.0. The number of hydrogen-bond donors (Lipinski definition) is 3. The summed E-state index contributed by atoms with van der Waals surface area (Å²) in [6.45, 7) is 4.69. The Balaban J connectivity index is 0.00000385. The van der Waals surface area contributed by atoms with Crippen LogP contribution in [0, 0.1) is 17.2 Å². The molecule has 180 valence electrons. The Labute approximate surface area is 212 Å². The molecule has 1 fully saturated rings. The molecule has 2 aromatic rings. The maximum atomic E-state index is 9.52. The van der Waals surface area contributed by atoms with Gasteiger partial charge in [-0.25, -0.2) is 4.68 Å². The van der Waals surface area contributed by atoms with Crippen molar-refractivity contribution >= 4 is 35.8 Å². The summed E-state index contributed by atoms with van der Waals surface area (Å²) in [7, 11) is 1.75. The number of para-hydroxylation sites is 1. The Morgan fingerprint density at radius 1 is 1.30 bits per heavy atom. The van der Waals surface area contributed by atoms with E-state index in [1.807, 2.05) is 30.3 Å². The molecule has 9 nitrogen and oxygen atoms in total. The van der Waals surface area contributed by atoms with Crippen LogP contribution < -0.4 is 16.4 Å². The number of guanidine groups is 1. The first-order chi connectivity index (χ1) is 15.7. The molecule has 1 saturated heterocycles. The van der Waals surface area contributed by atoms with Crippen molar-refractivity contribution in [1.29, 1.82) is 5.26 Å². The number of aromatic nitrogens is 2. The largest absolute Gasteiger partial charge is 0.382 e. The summed E-state index contributed by atoms with van der Waals surface area (Å²) in [4.78, 5) is 4.25. The minimum Gasteiger partial charge on any atom is -0.382 e. The number of nitrogens with zero attached hydrogens (tertiary/aromatic N) is 4. The summed E-state index contributed by atoms with van der Waals surface area (Å²) >= 11 is 0. The highest BCUT2D eigenvalue weighted by atomic mass is 127. The predicted molar refractivity (Wildman–Crippen MR) is 140 cm³/mol. The molecule has 1 unspecified atom stereocenters. The normalized spacial score (nSPS) is 15.6. The zero-order chi connectivity index (χ0) is 22.6. The zero-order valence-corrected chi connectivity index (χ0v) is 21.5. The average Bonchev–Trinajstić information content (AvgIpc) is 3.45. The van der Waals surface area contributed by atoms with Crippen LogP contribution in [0.5, 0.6) is 0 Å². The molecular weight excluding hydrogens is 533 g/mol. The number of aliphatic imine (C=N–C) groups is 1. The van der Waals surface area contributed by atoms with Gasteiger partial charge in [0.1, 0.15) is 17.5 Å². The van der Waals surface area contributed by atoms with Crippen molar-refractivity contribution in [3.8, 4) is 11.8 Å². The molecule has 4 N–H and O–H groups in total. The van der Waals surface area contributed by atoms with Crippen LogP contribution in [0.4, 0.5) is 5.82 Å². The molecule has 3 rings (SSSR count). The molecule has 0 aliphatic carbocycles. The molecule has 10 heteroatoms. The van der Waals surface area contributed by atoms with E-state index in [9.17, 15) is 5.26 Å². The highest BCUT2D eigenvalue weighted by Gasteiger charge is 2.16. The van der Waals surface area contributed by atoms with E-state index in [1.165, 1.54) is 0 Å². The van der Waals surface area contributed by atoms with Gasteiger partial charge in [-0.15, -0.1) is 24.0 Å². The smallest absolute Gasteiger partial charge is 0.190 e. The minimum atomic E-state index is 0. The van der Waals surface area contributed by atoms with Gasteiger partial charge in [-0.05, 0) is 37.8 Å². The number of hydrogen-bond acceptors (Lipinski definition) is 6. The Morgan fingerprint density at radius 3 is 2.73 bits per heavy atom. The molecule has 1 atom stereocenters. The van der Waals surface area contributed by atoms with Gasteiger partial charge >= 0.3 is 0 Å². The van der Waals surface area contributed by atoms with E-state index in [-0.39, 0.29) is 24.0 Å². The number of nitrogens with two attached hydrogens (primary N) is 1. The van der Waals surface area contributed by atoms with Crippen molar-refractivity contribution in [2.24, 2.45) is 10.9 Å². The van der Waals surface area contributed by atoms with Gasteiger partial charge in [0.2, 0.25) is 0 Å². The second-order valence-electron chi connectivity index (χ2n) is 7.75. The Hall–Kier alpha value is -2.36. The summed E-state index contributed by atoms with van der Waals surface area (Å²) in [5.74, 6) is 1.68. The van der Waals surface area contributed by atoms with Crippen molar-refractivity contribution < 1.29 is 9.47 Å². The van der Waals surface area contributed by atoms with Crippen LogP contribution in [-0.2, 0) is 15.9 Å². The van der Waals surface area contributed by atoms with Gasteiger partial charge in [0.05, 0.1) is 24.6 Å². The Morgan fingerprint density at radius 2 is 2.06 bits per heavy atom. The fourth-order valence-electron chi connectivity index (χ4n) is 3.57. The molecule has 0 radical (unpaired) electrons. The average molecular weight is 567 g/mol. The lowest BCUT2D eigenvalue weighted by Crippen LogP contribution is -2.38. The fourth-order valence-corrected chi connectivity index (χ4v) is 3.57. The van der Waals surface area contributed by atoms with Crippen LogP contribution in [0.15, 0.2) is 35.3 Å². The fraction of sp³-hybridized carbons (Fsp3) is 0.522. The van der Waals surface area contributed by atoms with Crippen molar-refractivity contribution in [3.63, 3.8) is 0 Å². The molecule has 0 spiro atoms. The van der Waals surface area contributed by atoms with Crippen molar-refractivity contribution in [2.75, 3.05) is 52.3 Å². The molecule has 33 heavy (non-hydrogen) atoms. The van der Waals surface area contributed by atoms with Crippen LogP contribution in [0.1, 0.15) is 30.5 Å². The van der Waals surface area contributed by atoms with E-state index in [4.69, 9.17) is 15.2 Å². The van der Waals surface area contributed by atoms with Gasteiger partial charge in [0.25, 0.3) is 0 Å². The van der Waals surface area contributed by atoms with Gasteiger partial charge in [-0.3, -0.25) is 4.99 Å². The minimum absolute atomic E-state index is 0. The maximum Gasteiger partial charge on any atom is 0.190 e. The summed E-state index contributed by atoms with van der Waals surface area (Å²) in [5.41, 5.74) is 8.16. The number of nitrogen functional groups attached to an aromatic ring is 1. The lowest BCUT2D eigenvalue weighted by atomic mass is 10.1. The maximum absolute atomic E-state index is 9.52. The topological polar surface area (TPSA) is 123 Å². The molecule has 0 saturated carbocycles. The number of nitriles is 1. The lowest BCUT2D eigenvalue weighted by molar-refractivity contribution is 0.0888. The third-order valence-electron chi connectivity index (χ3n) is 5.35. The van der Waals surface area contributed by atoms with Crippen molar-refractivity contribution in [1.82, 2.24) is 20.4 Å². The van der Waals surface area contributed by atoms with Gasteiger partial charge in [-0.1, -0.05) is 18.2 Å². The highest BCUT2D eigenvalue weighted by Crippen LogP contribution is 2.21. The molecule has 0 amide bonds. The number of rotatable bonds is 11. The van der Waals surface area contributed by atoms with Gasteiger partial charge < -0.3 is 25.8 Å².